The first-order valence-electron chi connectivity index (χ1n) is 4.04. The quantitative estimate of drug-likeness (QED) is 0.674. The molecule has 0 bridgehead atoms. The zero-order valence-corrected chi connectivity index (χ0v) is 8.08. The second-order valence-electron chi connectivity index (χ2n) is 3.08. The lowest BCUT2D eigenvalue weighted by atomic mass is 10.2. The smallest absolute Gasteiger partial charge is 0.398 e. The van der Waals surface area contributed by atoms with Crippen LogP contribution in [0.4, 0.5) is 18.9 Å². The Morgan fingerprint density at radius 2 is 1.93 bits per heavy atom. The Morgan fingerprint density at radius 1 is 1.27 bits per heavy atom. The summed E-state index contributed by atoms with van der Waals surface area (Å²) in [5.41, 5.74) is 5.09. The highest BCUT2D eigenvalue weighted by Crippen LogP contribution is 2.40. The molecule has 80 valence electrons. The van der Waals surface area contributed by atoms with E-state index in [1.165, 1.54) is 12.1 Å². The summed E-state index contributed by atoms with van der Waals surface area (Å²) in [5.74, 6) is 0. The monoisotopic (exact) mass is 234 g/mol. The fourth-order valence-corrected chi connectivity index (χ4v) is 1.79. The summed E-state index contributed by atoms with van der Waals surface area (Å²) >= 11 is 5.62. The first-order valence-corrected chi connectivity index (χ1v) is 4.42. The van der Waals surface area contributed by atoms with Crippen LogP contribution in [0, 0.1) is 0 Å². The number of anilines is 1. The SMILES string of the molecule is Nc1cccc2[nH]c(C(F)(F)F)c(Cl)c12. The van der Waals surface area contributed by atoms with Crippen molar-refractivity contribution < 1.29 is 13.2 Å². The fourth-order valence-electron chi connectivity index (χ4n) is 1.43. The molecule has 0 aliphatic carbocycles. The van der Waals surface area contributed by atoms with Crippen molar-refractivity contribution in [2.75, 3.05) is 5.73 Å². The van der Waals surface area contributed by atoms with Crippen molar-refractivity contribution in [2.24, 2.45) is 0 Å². The molecule has 0 radical (unpaired) electrons. The molecule has 0 saturated carbocycles. The van der Waals surface area contributed by atoms with Crippen LogP contribution in [-0.4, -0.2) is 4.98 Å². The Kier molecular flexibility index (Phi) is 2.08. The molecular formula is C9H6ClF3N2. The van der Waals surface area contributed by atoms with E-state index in [2.05, 4.69) is 4.98 Å². The van der Waals surface area contributed by atoms with Crippen LogP contribution in [0.15, 0.2) is 18.2 Å². The average molecular weight is 235 g/mol. The number of H-pyrrole nitrogens is 1. The van der Waals surface area contributed by atoms with Gasteiger partial charge in [0.2, 0.25) is 0 Å². The lowest BCUT2D eigenvalue weighted by Gasteiger charge is -2.03. The van der Waals surface area contributed by atoms with Gasteiger partial charge in [-0.3, -0.25) is 0 Å². The van der Waals surface area contributed by atoms with Gasteiger partial charge in [-0.05, 0) is 12.1 Å². The summed E-state index contributed by atoms with van der Waals surface area (Å²) in [6, 6.07) is 4.56. The Balaban J connectivity index is 2.82. The normalized spacial score (nSPS) is 12.3. The maximum absolute atomic E-state index is 12.5. The van der Waals surface area contributed by atoms with Crippen LogP contribution in [0.25, 0.3) is 10.9 Å². The molecule has 2 nitrogen and oxygen atoms in total. The van der Waals surface area contributed by atoms with Gasteiger partial charge in [0.15, 0.2) is 0 Å². The van der Waals surface area contributed by atoms with Crippen LogP contribution in [0.5, 0.6) is 0 Å². The highest BCUT2D eigenvalue weighted by atomic mass is 35.5. The van der Waals surface area contributed by atoms with Crippen molar-refractivity contribution in [1.29, 1.82) is 0 Å². The standard InChI is InChI=1S/C9H6ClF3N2/c10-7-6-4(14)2-1-3-5(6)15-8(7)9(11,12)13/h1-3,15H,14H2. The molecule has 0 fully saturated rings. The van der Waals surface area contributed by atoms with Gasteiger partial charge in [0.25, 0.3) is 0 Å². The maximum atomic E-state index is 12.5. The van der Waals surface area contributed by atoms with E-state index in [0.29, 0.717) is 0 Å². The van der Waals surface area contributed by atoms with Gasteiger partial charge in [0, 0.05) is 16.6 Å². The first-order chi connectivity index (χ1) is 6.91. The van der Waals surface area contributed by atoms with Gasteiger partial charge in [0.05, 0.1) is 5.02 Å². The Morgan fingerprint density at radius 3 is 2.47 bits per heavy atom. The van der Waals surface area contributed by atoms with Crippen molar-refractivity contribution in [3.05, 3.63) is 28.9 Å². The molecule has 0 aliphatic heterocycles. The molecular weight excluding hydrogens is 229 g/mol. The Hall–Kier alpha value is -1.36. The zero-order valence-electron chi connectivity index (χ0n) is 7.32. The minimum absolute atomic E-state index is 0.214. The summed E-state index contributed by atoms with van der Waals surface area (Å²) in [6.07, 6.45) is -4.50. The van der Waals surface area contributed by atoms with Gasteiger partial charge >= 0.3 is 6.18 Å². The lowest BCUT2D eigenvalue weighted by Crippen LogP contribution is -2.05. The van der Waals surface area contributed by atoms with Gasteiger partial charge in [-0.2, -0.15) is 13.2 Å². The number of halogens is 4. The minimum Gasteiger partial charge on any atom is -0.398 e. The summed E-state index contributed by atoms with van der Waals surface area (Å²) < 4.78 is 37.4. The zero-order chi connectivity index (χ0) is 11.2. The summed E-state index contributed by atoms with van der Waals surface area (Å²) in [4.78, 5) is 2.21. The number of alkyl halides is 3. The number of fused-ring (bicyclic) bond motifs is 1. The van der Waals surface area contributed by atoms with Crippen LogP contribution in [-0.2, 0) is 6.18 Å². The molecule has 1 heterocycles. The molecule has 0 spiro atoms. The highest BCUT2D eigenvalue weighted by molar-refractivity contribution is 6.37. The number of nitrogens with two attached hydrogens (primary N) is 1. The van der Waals surface area contributed by atoms with Crippen LogP contribution >= 0.6 is 11.6 Å². The van der Waals surface area contributed by atoms with E-state index in [1.807, 2.05) is 0 Å². The van der Waals surface area contributed by atoms with E-state index in [1.54, 1.807) is 6.07 Å². The molecule has 0 atom stereocenters. The molecule has 0 aliphatic rings. The number of aromatic nitrogens is 1. The molecule has 1 aromatic heterocycles. The Labute approximate surface area is 87.8 Å². The molecule has 0 unspecified atom stereocenters. The highest BCUT2D eigenvalue weighted by Gasteiger charge is 2.36. The first kappa shape index (κ1) is 10.2. The van der Waals surface area contributed by atoms with E-state index < -0.39 is 11.9 Å². The predicted octanol–water partition coefficient (Wildman–Crippen LogP) is 3.42. The van der Waals surface area contributed by atoms with Gasteiger partial charge in [-0.15, -0.1) is 0 Å². The number of aromatic amines is 1. The van der Waals surface area contributed by atoms with Gasteiger partial charge in [0.1, 0.15) is 5.69 Å². The second kappa shape index (κ2) is 3.06. The summed E-state index contributed by atoms with van der Waals surface area (Å²) in [5, 5.41) is -0.165. The number of nitrogen functional groups attached to an aromatic ring is 1. The lowest BCUT2D eigenvalue weighted by molar-refractivity contribution is -0.140. The largest absolute Gasteiger partial charge is 0.432 e. The van der Waals surface area contributed by atoms with Crippen LogP contribution < -0.4 is 5.73 Å². The molecule has 1 aromatic carbocycles. The molecule has 3 N–H and O–H groups in total. The number of rotatable bonds is 0. The van der Waals surface area contributed by atoms with Crippen LogP contribution in [0.3, 0.4) is 0 Å². The van der Waals surface area contributed by atoms with Gasteiger partial charge in [-0.25, -0.2) is 0 Å². The van der Waals surface area contributed by atoms with Crippen molar-refractivity contribution in [1.82, 2.24) is 4.98 Å². The summed E-state index contributed by atoms with van der Waals surface area (Å²) in [7, 11) is 0. The molecule has 2 rings (SSSR count). The van der Waals surface area contributed by atoms with E-state index in [-0.39, 0.29) is 21.6 Å². The third kappa shape index (κ3) is 1.52. The second-order valence-corrected chi connectivity index (χ2v) is 3.46. The third-order valence-electron chi connectivity index (χ3n) is 2.08. The van der Waals surface area contributed by atoms with Crippen LogP contribution in [0.2, 0.25) is 5.02 Å². The van der Waals surface area contributed by atoms with E-state index in [4.69, 9.17) is 17.3 Å². The predicted molar refractivity (Wildman–Crippen MR) is 52.7 cm³/mol. The van der Waals surface area contributed by atoms with Gasteiger partial charge < -0.3 is 10.7 Å². The Bertz CT molecular complexity index is 516. The maximum Gasteiger partial charge on any atom is 0.432 e. The molecule has 0 saturated heterocycles. The third-order valence-corrected chi connectivity index (χ3v) is 2.46. The summed E-state index contributed by atoms with van der Waals surface area (Å²) in [6.45, 7) is 0. The number of hydrogen-bond acceptors (Lipinski definition) is 1. The topological polar surface area (TPSA) is 41.8 Å². The number of hydrogen-bond donors (Lipinski definition) is 2. The van der Waals surface area contributed by atoms with Crippen molar-refractivity contribution in [3.63, 3.8) is 0 Å². The number of benzene rings is 1. The van der Waals surface area contributed by atoms with Crippen LogP contribution in [0.1, 0.15) is 5.69 Å². The molecule has 2 aromatic rings. The molecule has 6 heteroatoms. The van der Waals surface area contributed by atoms with Crippen molar-refractivity contribution >= 4 is 28.2 Å². The van der Waals surface area contributed by atoms with Gasteiger partial charge in [-0.1, -0.05) is 17.7 Å². The van der Waals surface area contributed by atoms with Crippen molar-refractivity contribution in [2.45, 2.75) is 6.18 Å². The van der Waals surface area contributed by atoms with E-state index in [0.717, 1.165) is 0 Å². The molecule has 0 amide bonds. The molecule has 15 heavy (non-hydrogen) atoms. The average Bonchev–Trinajstić information content (AvgIpc) is 2.44. The fraction of sp³-hybridized carbons (Fsp3) is 0.111. The van der Waals surface area contributed by atoms with Crippen molar-refractivity contribution in [3.8, 4) is 0 Å². The number of nitrogens with one attached hydrogen (secondary N) is 1. The van der Waals surface area contributed by atoms with E-state index in [9.17, 15) is 13.2 Å². The minimum atomic E-state index is -4.50. The van der Waals surface area contributed by atoms with E-state index >= 15 is 0 Å².